The highest BCUT2D eigenvalue weighted by Crippen LogP contribution is 2.24. The van der Waals surface area contributed by atoms with Crippen LogP contribution >= 0.6 is 11.6 Å². The van der Waals surface area contributed by atoms with E-state index in [1.807, 2.05) is 32.0 Å². The van der Waals surface area contributed by atoms with Crippen LogP contribution in [-0.4, -0.2) is 15.9 Å². The smallest absolute Gasteiger partial charge is 0.274 e. The summed E-state index contributed by atoms with van der Waals surface area (Å²) < 4.78 is 0. The van der Waals surface area contributed by atoms with Gasteiger partial charge in [0, 0.05) is 22.5 Å². The van der Waals surface area contributed by atoms with Gasteiger partial charge in [0.2, 0.25) is 0 Å². The second-order valence-corrected chi connectivity index (χ2v) is 6.48. The molecule has 3 aromatic rings. The highest BCUT2D eigenvalue weighted by Gasteiger charge is 2.12. The van der Waals surface area contributed by atoms with Gasteiger partial charge in [0.25, 0.3) is 5.91 Å². The largest absolute Gasteiger partial charge is 0.340 e. The molecule has 5 nitrogen and oxygen atoms in total. The number of hydrogen-bond donors (Lipinski definition) is 2. The molecule has 2 N–H and O–H groups in total. The summed E-state index contributed by atoms with van der Waals surface area (Å²) in [5.41, 5.74) is 4.08. The minimum atomic E-state index is -0.317. The molecule has 26 heavy (non-hydrogen) atoms. The van der Waals surface area contributed by atoms with Gasteiger partial charge in [-0.15, -0.1) is 0 Å². The second kappa shape index (κ2) is 7.54. The van der Waals surface area contributed by atoms with Crippen molar-refractivity contribution in [3.8, 4) is 0 Å². The zero-order chi connectivity index (χ0) is 18.7. The molecule has 2 aromatic carbocycles. The van der Waals surface area contributed by atoms with E-state index < -0.39 is 0 Å². The van der Waals surface area contributed by atoms with E-state index in [9.17, 15) is 4.79 Å². The standard InChI is InChI=1S/C20H19ClN4O/c1-12-6-4-7-13(2)19(12)25-18-11-17(22-14(3)23-18)20(26)24-16-9-5-8-15(21)10-16/h4-11H,1-3H3,(H,24,26)(H,22,23,25). The van der Waals surface area contributed by atoms with Crippen LogP contribution in [0.15, 0.2) is 48.5 Å². The van der Waals surface area contributed by atoms with Gasteiger partial charge >= 0.3 is 0 Å². The van der Waals surface area contributed by atoms with E-state index in [-0.39, 0.29) is 11.6 Å². The van der Waals surface area contributed by atoms with Gasteiger partial charge in [0.15, 0.2) is 0 Å². The first-order valence-corrected chi connectivity index (χ1v) is 8.56. The molecule has 132 valence electrons. The molecule has 0 spiro atoms. The zero-order valence-corrected chi connectivity index (χ0v) is 15.6. The molecule has 0 saturated carbocycles. The van der Waals surface area contributed by atoms with Crippen LogP contribution < -0.4 is 10.6 Å². The van der Waals surface area contributed by atoms with E-state index >= 15 is 0 Å². The predicted molar refractivity (Wildman–Crippen MR) is 105 cm³/mol. The molecule has 0 bridgehead atoms. The third-order valence-electron chi connectivity index (χ3n) is 3.89. The molecular formula is C20H19ClN4O. The van der Waals surface area contributed by atoms with Crippen molar-refractivity contribution in [3.63, 3.8) is 0 Å². The van der Waals surface area contributed by atoms with Crippen molar-refractivity contribution >= 4 is 34.7 Å². The molecule has 3 rings (SSSR count). The van der Waals surface area contributed by atoms with Crippen LogP contribution in [0.3, 0.4) is 0 Å². The summed E-state index contributed by atoms with van der Waals surface area (Å²) in [4.78, 5) is 21.2. The summed E-state index contributed by atoms with van der Waals surface area (Å²) in [7, 11) is 0. The number of hydrogen-bond acceptors (Lipinski definition) is 4. The lowest BCUT2D eigenvalue weighted by Gasteiger charge is -2.13. The topological polar surface area (TPSA) is 66.9 Å². The lowest BCUT2D eigenvalue weighted by Crippen LogP contribution is -2.15. The number of aryl methyl sites for hydroxylation is 3. The number of rotatable bonds is 4. The molecule has 6 heteroatoms. The fraction of sp³-hybridized carbons (Fsp3) is 0.150. The third-order valence-corrected chi connectivity index (χ3v) is 4.12. The maximum Gasteiger partial charge on any atom is 0.274 e. The number of anilines is 3. The van der Waals surface area contributed by atoms with Crippen LogP contribution in [0.25, 0.3) is 0 Å². The number of carbonyl (C=O) groups is 1. The number of nitrogens with one attached hydrogen (secondary N) is 2. The molecule has 0 aliphatic heterocycles. The van der Waals surface area contributed by atoms with Gasteiger partial charge < -0.3 is 10.6 Å². The number of benzene rings is 2. The Labute approximate surface area is 157 Å². The van der Waals surface area contributed by atoms with E-state index in [4.69, 9.17) is 11.6 Å². The van der Waals surface area contributed by atoms with E-state index in [0.717, 1.165) is 16.8 Å². The quantitative estimate of drug-likeness (QED) is 0.678. The molecule has 1 amide bonds. The molecule has 0 saturated heterocycles. The summed E-state index contributed by atoms with van der Waals surface area (Å²) in [5, 5.41) is 6.65. The van der Waals surface area contributed by atoms with Gasteiger partial charge in [0.1, 0.15) is 17.3 Å². The monoisotopic (exact) mass is 366 g/mol. The number of nitrogens with zero attached hydrogens (tertiary/aromatic N) is 2. The molecule has 1 heterocycles. The average Bonchev–Trinajstić information content (AvgIpc) is 2.58. The van der Waals surface area contributed by atoms with Crippen LogP contribution in [0.1, 0.15) is 27.4 Å². The van der Waals surface area contributed by atoms with Crippen molar-refractivity contribution in [3.05, 3.63) is 76.2 Å². The van der Waals surface area contributed by atoms with Gasteiger partial charge in [-0.05, 0) is 50.1 Å². The van der Waals surface area contributed by atoms with Crippen molar-refractivity contribution < 1.29 is 4.79 Å². The molecule has 1 aromatic heterocycles. The maximum absolute atomic E-state index is 12.5. The molecule has 0 aliphatic carbocycles. The Kier molecular flexibility index (Phi) is 5.19. The molecule has 0 fully saturated rings. The van der Waals surface area contributed by atoms with Crippen LogP contribution in [0, 0.1) is 20.8 Å². The van der Waals surface area contributed by atoms with E-state index in [2.05, 4.69) is 20.6 Å². The Hall–Kier alpha value is -2.92. The predicted octanol–water partition coefficient (Wildman–Crippen LogP) is 5.05. The van der Waals surface area contributed by atoms with E-state index in [1.165, 1.54) is 0 Å². The highest BCUT2D eigenvalue weighted by atomic mass is 35.5. The molecule has 0 aliphatic rings. The average molecular weight is 367 g/mol. The number of amides is 1. The first kappa shape index (κ1) is 17.9. The fourth-order valence-corrected chi connectivity index (χ4v) is 2.84. The Morgan fingerprint density at radius 3 is 2.35 bits per heavy atom. The normalized spacial score (nSPS) is 10.5. The van der Waals surface area contributed by atoms with Gasteiger partial charge in [-0.25, -0.2) is 9.97 Å². The van der Waals surface area contributed by atoms with Crippen LogP contribution in [-0.2, 0) is 0 Å². The van der Waals surface area contributed by atoms with Crippen molar-refractivity contribution in [2.45, 2.75) is 20.8 Å². The van der Waals surface area contributed by atoms with Crippen molar-refractivity contribution in [1.29, 1.82) is 0 Å². The maximum atomic E-state index is 12.5. The van der Waals surface area contributed by atoms with Gasteiger partial charge in [-0.3, -0.25) is 4.79 Å². The van der Waals surface area contributed by atoms with E-state index in [1.54, 1.807) is 37.3 Å². The highest BCUT2D eigenvalue weighted by molar-refractivity contribution is 6.30. The van der Waals surface area contributed by atoms with Crippen LogP contribution in [0.4, 0.5) is 17.2 Å². The van der Waals surface area contributed by atoms with Crippen molar-refractivity contribution in [1.82, 2.24) is 9.97 Å². The molecule has 0 radical (unpaired) electrons. The van der Waals surface area contributed by atoms with Gasteiger partial charge in [-0.2, -0.15) is 0 Å². The van der Waals surface area contributed by atoms with Crippen LogP contribution in [0.5, 0.6) is 0 Å². The zero-order valence-electron chi connectivity index (χ0n) is 14.8. The Morgan fingerprint density at radius 2 is 1.65 bits per heavy atom. The number of para-hydroxylation sites is 1. The van der Waals surface area contributed by atoms with Gasteiger partial charge in [0.05, 0.1) is 0 Å². The van der Waals surface area contributed by atoms with Crippen molar-refractivity contribution in [2.75, 3.05) is 10.6 Å². The van der Waals surface area contributed by atoms with Gasteiger partial charge in [-0.1, -0.05) is 35.9 Å². The summed E-state index contributed by atoms with van der Waals surface area (Å²) in [6.45, 7) is 5.80. The first-order valence-electron chi connectivity index (χ1n) is 8.18. The fourth-order valence-electron chi connectivity index (χ4n) is 2.65. The Morgan fingerprint density at radius 1 is 0.962 bits per heavy atom. The Balaban J connectivity index is 1.86. The van der Waals surface area contributed by atoms with Crippen molar-refractivity contribution in [2.24, 2.45) is 0 Å². The van der Waals surface area contributed by atoms with Crippen LogP contribution in [0.2, 0.25) is 5.02 Å². The lowest BCUT2D eigenvalue weighted by molar-refractivity contribution is 0.102. The second-order valence-electron chi connectivity index (χ2n) is 6.04. The number of aromatic nitrogens is 2. The minimum absolute atomic E-state index is 0.284. The van der Waals surface area contributed by atoms with E-state index in [0.29, 0.717) is 22.4 Å². The lowest BCUT2D eigenvalue weighted by atomic mass is 10.1. The Bertz CT molecular complexity index is 952. The number of halogens is 1. The first-order chi connectivity index (χ1) is 12.4. The SMILES string of the molecule is Cc1nc(Nc2c(C)cccc2C)cc(C(=O)Nc2cccc(Cl)c2)n1. The molecule has 0 atom stereocenters. The third kappa shape index (κ3) is 4.18. The summed E-state index contributed by atoms with van der Waals surface area (Å²) in [6.07, 6.45) is 0. The molecule has 0 unspecified atom stereocenters. The summed E-state index contributed by atoms with van der Waals surface area (Å²) in [6, 6.07) is 14.7. The summed E-state index contributed by atoms with van der Waals surface area (Å²) in [5.74, 6) is 0.769. The minimum Gasteiger partial charge on any atom is -0.340 e. The number of carbonyl (C=O) groups excluding carboxylic acids is 1. The summed E-state index contributed by atoms with van der Waals surface area (Å²) >= 11 is 5.96. The molecular weight excluding hydrogens is 348 g/mol.